The molecule has 0 fully saturated rings. The van der Waals surface area contributed by atoms with Crippen LogP contribution in [-0.2, 0) is 6.54 Å². The van der Waals surface area contributed by atoms with Crippen LogP contribution in [0.25, 0.3) is 0 Å². The number of hydrogen-bond donors (Lipinski definition) is 1. The second-order valence-corrected chi connectivity index (χ2v) is 4.38. The average molecular weight is 299 g/mol. The third kappa shape index (κ3) is 3.23. The molecule has 5 heteroatoms. The van der Waals surface area contributed by atoms with E-state index < -0.39 is 5.82 Å². The molecule has 88 valence electrons. The Morgan fingerprint density at radius 2 is 2.06 bits per heavy atom. The zero-order chi connectivity index (χ0) is 12.3. The maximum atomic E-state index is 13.4. The fraction of sp³-hybridized carbons (Fsp3) is 0.0833. The van der Waals surface area contributed by atoms with Gasteiger partial charge in [-0.25, -0.2) is 13.8 Å². The number of halogens is 3. The molecule has 2 aromatic rings. The predicted octanol–water partition coefficient (Wildman–Crippen LogP) is 3.73. The van der Waals surface area contributed by atoms with E-state index in [1.54, 1.807) is 12.1 Å². The number of hydrogen-bond acceptors (Lipinski definition) is 2. The first-order chi connectivity index (χ1) is 8.15. The lowest BCUT2D eigenvalue weighted by Crippen LogP contribution is -2.03. The molecule has 0 unspecified atom stereocenters. The lowest BCUT2D eigenvalue weighted by atomic mass is 10.2. The molecule has 1 heterocycles. The standard InChI is InChI=1S/C12H9BrF2N2/c13-9-5-11(15)12(17-7-9)16-6-8-2-1-3-10(14)4-8/h1-5,7H,6H2,(H,16,17). The van der Waals surface area contributed by atoms with Crippen LogP contribution in [0.1, 0.15) is 5.56 Å². The molecule has 0 amide bonds. The van der Waals surface area contributed by atoms with Crippen molar-refractivity contribution in [3.05, 3.63) is 58.2 Å². The van der Waals surface area contributed by atoms with Crippen LogP contribution < -0.4 is 5.32 Å². The molecule has 0 saturated carbocycles. The van der Waals surface area contributed by atoms with Crippen LogP contribution in [0, 0.1) is 11.6 Å². The first-order valence-electron chi connectivity index (χ1n) is 4.94. The molecule has 2 rings (SSSR count). The van der Waals surface area contributed by atoms with E-state index >= 15 is 0 Å². The Bertz CT molecular complexity index is 532. The smallest absolute Gasteiger partial charge is 0.166 e. The normalized spacial score (nSPS) is 10.3. The fourth-order valence-corrected chi connectivity index (χ4v) is 1.68. The molecule has 0 bridgehead atoms. The van der Waals surface area contributed by atoms with Crippen molar-refractivity contribution in [3.8, 4) is 0 Å². The van der Waals surface area contributed by atoms with Gasteiger partial charge in [-0.15, -0.1) is 0 Å². The minimum atomic E-state index is -0.448. The first-order valence-corrected chi connectivity index (χ1v) is 5.74. The lowest BCUT2D eigenvalue weighted by Gasteiger charge is -2.06. The summed E-state index contributed by atoms with van der Waals surface area (Å²) in [6.07, 6.45) is 1.50. The van der Waals surface area contributed by atoms with Crippen molar-refractivity contribution in [2.24, 2.45) is 0 Å². The van der Waals surface area contributed by atoms with Crippen molar-refractivity contribution < 1.29 is 8.78 Å². The van der Waals surface area contributed by atoms with Gasteiger partial charge in [-0.2, -0.15) is 0 Å². The molecule has 1 aromatic carbocycles. The van der Waals surface area contributed by atoms with Crippen molar-refractivity contribution in [2.45, 2.75) is 6.54 Å². The molecular formula is C12H9BrF2N2. The quantitative estimate of drug-likeness (QED) is 0.934. The molecule has 1 N–H and O–H groups in total. The summed E-state index contributed by atoms with van der Waals surface area (Å²) in [4.78, 5) is 3.89. The Kier molecular flexibility index (Phi) is 3.68. The molecular weight excluding hydrogens is 290 g/mol. The average Bonchev–Trinajstić information content (AvgIpc) is 2.28. The number of pyridine rings is 1. The van der Waals surface area contributed by atoms with Gasteiger partial charge in [0.2, 0.25) is 0 Å². The molecule has 0 atom stereocenters. The van der Waals surface area contributed by atoms with E-state index in [2.05, 4.69) is 26.2 Å². The highest BCUT2D eigenvalue weighted by molar-refractivity contribution is 9.10. The molecule has 0 saturated heterocycles. The van der Waals surface area contributed by atoms with Crippen LogP contribution in [0.5, 0.6) is 0 Å². The van der Waals surface area contributed by atoms with Gasteiger partial charge in [0.1, 0.15) is 5.82 Å². The van der Waals surface area contributed by atoms with E-state index in [-0.39, 0.29) is 11.6 Å². The third-order valence-electron chi connectivity index (χ3n) is 2.16. The van der Waals surface area contributed by atoms with Gasteiger partial charge >= 0.3 is 0 Å². The maximum Gasteiger partial charge on any atom is 0.166 e. The summed E-state index contributed by atoms with van der Waals surface area (Å²) in [5.74, 6) is -0.609. The number of rotatable bonds is 3. The Morgan fingerprint density at radius 3 is 2.76 bits per heavy atom. The van der Waals surface area contributed by atoms with Gasteiger partial charge in [-0.05, 0) is 39.7 Å². The van der Waals surface area contributed by atoms with Crippen molar-refractivity contribution in [2.75, 3.05) is 5.32 Å². The van der Waals surface area contributed by atoms with Crippen LogP contribution in [0.2, 0.25) is 0 Å². The minimum absolute atomic E-state index is 0.150. The fourth-order valence-electron chi connectivity index (χ4n) is 1.38. The van der Waals surface area contributed by atoms with Gasteiger partial charge in [-0.3, -0.25) is 0 Å². The van der Waals surface area contributed by atoms with Gasteiger partial charge in [0.25, 0.3) is 0 Å². The molecule has 17 heavy (non-hydrogen) atoms. The van der Waals surface area contributed by atoms with Crippen LogP contribution in [0.15, 0.2) is 41.0 Å². The Hall–Kier alpha value is -1.49. The molecule has 0 spiro atoms. The second-order valence-electron chi connectivity index (χ2n) is 3.47. The van der Waals surface area contributed by atoms with Crippen molar-refractivity contribution >= 4 is 21.7 Å². The Labute approximate surface area is 106 Å². The van der Waals surface area contributed by atoms with Crippen LogP contribution in [-0.4, -0.2) is 4.98 Å². The first kappa shape index (κ1) is 12.0. The van der Waals surface area contributed by atoms with E-state index in [9.17, 15) is 8.78 Å². The summed E-state index contributed by atoms with van der Waals surface area (Å²) in [6, 6.07) is 7.44. The van der Waals surface area contributed by atoms with E-state index in [1.807, 2.05) is 0 Å². The maximum absolute atomic E-state index is 13.4. The highest BCUT2D eigenvalue weighted by Gasteiger charge is 2.04. The van der Waals surface area contributed by atoms with Crippen LogP contribution in [0.4, 0.5) is 14.6 Å². The van der Waals surface area contributed by atoms with Gasteiger partial charge < -0.3 is 5.32 Å². The predicted molar refractivity (Wildman–Crippen MR) is 65.6 cm³/mol. The highest BCUT2D eigenvalue weighted by Crippen LogP contribution is 2.16. The molecule has 0 radical (unpaired) electrons. The number of benzene rings is 1. The summed E-state index contributed by atoms with van der Waals surface area (Å²) < 4.78 is 26.9. The molecule has 0 aliphatic heterocycles. The minimum Gasteiger partial charge on any atom is -0.364 e. The monoisotopic (exact) mass is 298 g/mol. The van der Waals surface area contributed by atoms with Crippen molar-refractivity contribution in [3.63, 3.8) is 0 Å². The van der Waals surface area contributed by atoms with E-state index in [0.717, 1.165) is 5.56 Å². The molecule has 0 aliphatic carbocycles. The van der Waals surface area contributed by atoms with Crippen LogP contribution >= 0.6 is 15.9 Å². The highest BCUT2D eigenvalue weighted by atomic mass is 79.9. The summed E-state index contributed by atoms with van der Waals surface area (Å²) in [5.41, 5.74) is 0.731. The van der Waals surface area contributed by atoms with Crippen LogP contribution in [0.3, 0.4) is 0 Å². The Balaban J connectivity index is 2.07. The third-order valence-corrected chi connectivity index (χ3v) is 2.59. The van der Waals surface area contributed by atoms with Crippen molar-refractivity contribution in [1.82, 2.24) is 4.98 Å². The van der Waals surface area contributed by atoms with E-state index in [4.69, 9.17) is 0 Å². The van der Waals surface area contributed by atoms with E-state index in [1.165, 1.54) is 24.4 Å². The van der Waals surface area contributed by atoms with E-state index in [0.29, 0.717) is 11.0 Å². The number of aromatic nitrogens is 1. The summed E-state index contributed by atoms with van der Waals surface area (Å²) >= 11 is 3.12. The number of anilines is 1. The zero-order valence-electron chi connectivity index (χ0n) is 8.75. The van der Waals surface area contributed by atoms with Gasteiger partial charge in [-0.1, -0.05) is 12.1 Å². The molecule has 0 aliphatic rings. The largest absolute Gasteiger partial charge is 0.364 e. The topological polar surface area (TPSA) is 24.9 Å². The number of nitrogens with one attached hydrogen (secondary N) is 1. The molecule has 1 aromatic heterocycles. The second kappa shape index (κ2) is 5.23. The number of nitrogens with zero attached hydrogens (tertiary/aromatic N) is 1. The summed E-state index contributed by atoms with van der Waals surface area (Å²) in [5, 5.41) is 2.81. The Morgan fingerprint density at radius 1 is 1.24 bits per heavy atom. The van der Waals surface area contributed by atoms with Crippen molar-refractivity contribution in [1.29, 1.82) is 0 Å². The van der Waals surface area contributed by atoms with Gasteiger partial charge in [0, 0.05) is 17.2 Å². The van der Waals surface area contributed by atoms with Gasteiger partial charge in [0.15, 0.2) is 11.6 Å². The molecule has 2 nitrogen and oxygen atoms in total. The lowest BCUT2D eigenvalue weighted by molar-refractivity contribution is 0.621. The van der Waals surface area contributed by atoms with Gasteiger partial charge in [0.05, 0.1) is 0 Å². The summed E-state index contributed by atoms with van der Waals surface area (Å²) in [7, 11) is 0. The zero-order valence-corrected chi connectivity index (χ0v) is 10.3. The SMILES string of the molecule is Fc1cccc(CNc2ncc(Br)cc2F)c1. The summed E-state index contributed by atoms with van der Waals surface area (Å²) in [6.45, 7) is 0.323.